The number of nitrogens with one attached hydrogen (secondary N) is 1. The number of anilines is 1. The predicted octanol–water partition coefficient (Wildman–Crippen LogP) is 2.91. The summed E-state index contributed by atoms with van der Waals surface area (Å²) in [5.41, 5.74) is 1.38. The highest BCUT2D eigenvalue weighted by Gasteiger charge is 2.11. The third-order valence-electron chi connectivity index (χ3n) is 3.46. The first kappa shape index (κ1) is 17.7. The molecule has 0 aliphatic carbocycles. The van der Waals surface area contributed by atoms with Gasteiger partial charge in [-0.15, -0.1) is 0 Å². The van der Waals surface area contributed by atoms with Gasteiger partial charge in [-0.1, -0.05) is 12.1 Å². The molecule has 128 valence electrons. The lowest BCUT2D eigenvalue weighted by Gasteiger charge is -2.18. The van der Waals surface area contributed by atoms with E-state index in [2.05, 4.69) is 5.32 Å². The van der Waals surface area contributed by atoms with Crippen LogP contribution < -0.4 is 14.8 Å². The molecule has 0 saturated heterocycles. The average Bonchev–Trinajstić information content (AvgIpc) is 2.54. The van der Waals surface area contributed by atoms with Crippen LogP contribution in [-0.2, 0) is 11.3 Å². The maximum absolute atomic E-state index is 13.1. The molecule has 0 heterocycles. The summed E-state index contributed by atoms with van der Waals surface area (Å²) in [4.78, 5) is 13.9. The van der Waals surface area contributed by atoms with E-state index in [-0.39, 0.29) is 18.3 Å². The Labute approximate surface area is 141 Å². The van der Waals surface area contributed by atoms with Crippen molar-refractivity contribution in [3.8, 4) is 11.5 Å². The van der Waals surface area contributed by atoms with Crippen LogP contribution in [0.5, 0.6) is 11.5 Å². The minimum Gasteiger partial charge on any atom is -0.497 e. The molecule has 0 bridgehead atoms. The minimum absolute atomic E-state index is 0.172. The Kier molecular flexibility index (Phi) is 6.14. The molecule has 0 unspecified atom stereocenters. The summed E-state index contributed by atoms with van der Waals surface area (Å²) in [5, 5.41) is 2.67. The van der Waals surface area contributed by atoms with Crippen LogP contribution in [0.25, 0.3) is 0 Å². The lowest BCUT2D eigenvalue weighted by Crippen LogP contribution is -2.30. The Morgan fingerprint density at radius 2 is 1.96 bits per heavy atom. The molecule has 1 N–H and O–H groups in total. The minimum atomic E-state index is -0.385. The first-order valence-corrected chi connectivity index (χ1v) is 7.46. The van der Waals surface area contributed by atoms with E-state index in [4.69, 9.17) is 9.47 Å². The smallest absolute Gasteiger partial charge is 0.238 e. The van der Waals surface area contributed by atoms with Crippen LogP contribution in [0, 0.1) is 5.82 Å². The highest BCUT2D eigenvalue weighted by Crippen LogP contribution is 2.25. The maximum Gasteiger partial charge on any atom is 0.238 e. The van der Waals surface area contributed by atoms with Gasteiger partial charge in [-0.3, -0.25) is 9.69 Å². The summed E-state index contributed by atoms with van der Waals surface area (Å²) in [6, 6.07) is 11.4. The van der Waals surface area contributed by atoms with Crippen LogP contribution in [-0.4, -0.2) is 38.6 Å². The van der Waals surface area contributed by atoms with E-state index in [9.17, 15) is 9.18 Å². The molecule has 0 spiro atoms. The topological polar surface area (TPSA) is 50.8 Å². The van der Waals surface area contributed by atoms with Crippen molar-refractivity contribution in [3.63, 3.8) is 0 Å². The normalized spacial score (nSPS) is 10.5. The molecule has 1 amide bonds. The maximum atomic E-state index is 13.1. The number of nitrogens with zero attached hydrogens (tertiary/aromatic N) is 1. The number of methoxy groups -OCH3 is 2. The molecule has 24 heavy (non-hydrogen) atoms. The van der Waals surface area contributed by atoms with Crippen LogP contribution in [0.15, 0.2) is 42.5 Å². The largest absolute Gasteiger partial charge is 0.497 e. The molecule has 0 atom stereocenters. The number of hydrogen-bond acceptors (Lipinski definition) is 4. The molecule has 0 aromatic heterocycles. The molecular weight excluding hydrogens is 311 g/mol. The molecule has 2 aromatic carbocycles. The van der Waals surface area contributed by atoms with Crippen molar-refractivity contribution in [1.29, 1.82) is 0 Å². The summed E-state index contributed by atoms with van der Waals surface area (Å²) in [6.45, 7) is 0.704. The molecule has 0 aliphatic heterocycles. The summed E-state index contributed by atoms with van der Waals surface area (Å²) < 4.78 is 23.6. The second-order valence-electron chi connectivity index (χ2n) is 5.41. The van der Waals surface area contributed by atoms with Crippen molar-refractivity contribution >= 4 is 11.6 Å². The third kappa shape index (κ3) is 4.96. The first-order chi connectivity index (χ1) is 11.5. The molecule has 2 aromatic rings. The fourth-order valence-corrected chi connectivity index (χ4v) is 2.34. The fraction of sp³-hybridized carbons (Fsp3) is 0.278. The lowest BCUT2D eigenvalue weighted by atomic mass is 10.2. The van der Waals surface area contributed by atoms with Crippen molar-refractivity contribution in [2.45, 2.75) is 6.54 Å². The zero-order valence-corrected chi connectivity index (χ0v) is 14.0. The van der Waals surface area contributed by atoms with Crippen LogP contribution in [0.2, 0.25) is 0 Å². The lowest BCUT2D eigenvalue weighted by molar-refractivity contribution is -0.117. The number of amides is 1. The van der Waals surface area contributed by atoms with Gasteiger partial charge in [0.05, 0.1) is 20.8 Å². The molecule has 0 saturated carbocycles. The molecular formula is C18H21FN2O3. The SMILES string of the molecule is COc1ccc(CN(C)CC(=O)Nc2cccc(F)c2)c(OC)c1. The molecule has 0 aliphatic rings. The van der Waals surface area contributed by atoms with Crippen LogP contribution in [0.4, 0.5) is 10.1 Å². The molecule has 2 rings (SSSR count). The first-order valence-electron chi connectivity index (χ1n) is 7.46. The zero-order valence-electron chi connectivity index (χ0n) is 14.0. The van der Waals surface area contributed by atoms with E-state index < -0.39 is 0 Å². The van der Waals surface area contributed by atoms with Gasteiger partial charge in [-0.05, 0) is 31.3 Å². The van der Waals surface area contributed by atoms with Crippen molar-refractivity contribution in [2.75, 3.05) is 33.1 Å². The Hall–Kier alpha value is -2.60. The van der Waals surface area contributed by atoms with Crippen LogP contribution >= 0.6 is 0 Å². The summed E-state index contributed by atoms with van der Waals surface area (Å²) in [6.07, 6.45) is 0. The second-order valence-corrected chi connectivity index (χ2v) is 5.41. The summed E-state index contributed by atoms with van der Waals surface area (Å²) in [7, 11) is 5.01. The van der Waals surface area contributed by atoms with Crippen molar-refractivity contribution in [3.05, 3.63) is 53.8 Å². The van der Waals surface area contributed by atoms with E-state index in [0.29, 0.717) is 23.7 Å². The van der Waals surface area contributed by atoms with E-state index in [0.717, 1.165) is 5.56 Å². The summed E-state index contributed by atoms with van der Waals surface area (Å²) in [5.74, 6) is 0.813. The Morgan fingerprint density at radius 3 is 2.62 bits per heavy atom. The molecule has 0 radical (unpaired) electrons. The van der Waals surface area contributed by atoms with E-state index in [1.807, 2.05) is 24.1 Å². The number of benzene rings is 2. The van der Waals surface area contributed by atoms with Crippen molar-refractivity contribution < 1.29 is 18.7 Å². The van der Waals surface area contributed by atoms with Gasteiger partial charge < -0.3 is 14.8 Å². The monoisotopic (exact) mass is 332 g/mol. The van der Waals surface area contributed by atoms with Gasteiger partial charge in [0, 0.05) is 23.9 Å². The third-order valence-corrected chi connectivity index (χ3v) is 3.46. The van der Waals surface area contributed by atoms with Gasteiger partial charge in [0.1, 0.15) is 17.3 Å². The Bertz CT molecular complexity index is 706. The van der Waals surface area contributed by atoms with Gasteiger partial charge in [0.25, 0.3) is 0 Å². The molecule has 0 fully saturated rings. The highest BCUT2D eigenvalue weighted by molar-refractivity contribution is 5.92. The van der Waals surface area contributed by atoms with Crippen molar-refractivity contribution in [2.24, 2.45) is 0 Å². The number of hydrogen-bond donors (Lipinski definition) is 1. The number of ether oxygens (including phenoxy) is 2. The Balaban J connectivity index is 1.95. The Morgan fingerprint density at radius 1 is 1.17 bits per heavy atom. The van der Waals surface area contributed by atoms with Crippen LogP contribution in [0.3, 0.4) is 0 Å². The van der Waals surface area contributed by atoms with Crippen molar-refractivity contribution in [1.82, 2.24) is 4.90 Å². The van der Waals surface area contributed by atoms with E-state index in [1.165, 1.54) is 12.1 Å². The number of halogens is 1. The number of carbonyl (C=O) groups excluding carboxylic acids is 1. The van der Waals surface area contributed by atoms with E-state index >= 15 is 0 Å². The average molecular weight is 332 g/mol. The van der Waals surface area contributed by atoms with Gasteiger partial charge in [-0.25, -0.2) is 4.39 Å². The highest BCUT2D eigenvalue weighted by atomic mass is 19.1. The van der Waals surface area contributed by atoms with Gasteiger partial charge in [0.2, 0.25) is 5.91 Å². The molecule has 6 heteroatoms. The fourth-order valence-electron chi connectivity index (χ4n) is 2.34. The standard InChI is InChI=1S/C18H21FN2O3/c1-21(11-13-7-8-16(23-2)10-17(13)24-3)12-18(22)20-15-6-4-5-14(19)9-15/h4-10H,11-12H2,1-3H3,(H,20,22). The number of carbonyl (C=O) groups is 1. The molecule has 5 nitrogen and oxygen atoms in total. The van der Waals surface area contributed by atoms with Gasteiger partial charge in [0.15, 0.2) is 0 Å². The number of likely N-dealkylation sites (N-methyl/N-ethyl adjacent to an activating group) is 1. The number of rotatable bonds is 7. The summed E-state index contributed by atoms with van der Waals surface area (Å²) >= 11 is 0. The van der Waals surface area contributed by atoms with E-state index in [1.54, 1.807) is 32.4 Å². The quantitative estimate of drug-likeness (QED) is 0.847. The second kappa shape index (κ2) is 8.31. The zero-order chi connectivity index (χ0) is 17.5. The van der Waals surface area contributed by atoms with Gasteiger partial charge in [-0.2, -0.15) is 0 Å². The van der Waals surface area contributed by atoms with Gasteiger partial charge >= 0.3 is 0 Å². The van der Waals surface area contributed by atoms with Crippen LogP contribution in [0.1, 0.15) is 5.56 Å². The predicted molar refractivity (Wildman–Crippen MR) is 90.9 cm³/mol.